The van der Waals surface area contributed by atoms with Crippen molar-refractivity contribution in [1.82, 2.24) is 4.90 Å². The van der Waals surface area contributed by atoms with Gasteiger partial charge in [-0.1, -0.05) is 15.9 Å². The van der Waals surface area contributed by atoms with E-state index in [2.05, 4.69) is 15.9 Å². The summed E-state index contributed by atoms with van der Waals surface area (Å²) in [5.74, 6) is -1.01. The zero-order valence-electron chi connectivity index (χ0n) is 9.08. The lowest BCUT2D eigenvalue weighted by Gasteiger charge is -2.19. The molecule has 0 bridgehead atoms. The SMILES string of the molecule is CC(O)CN(C)C(=O)c1ccc(Br)cc1F. The largest absolute Gasteiger partial charge is 0.392 e. The van der Waals surface area contributed by atoms with Gasteiger partial charge in [-0.25, -0.2) is 4.39 Å². The van der Waals surface area contributed by atoms with E-state index in [0.29, 0.717) is 4.47 Å². The Balaban J connectivity index is 2.88. The molecule has 1 unspecified atom stereocenters. The maximum Gasteiger partial charge on any atom is 0.256 e. The number of likely N-dealkylation sites (N-methyl/N-ethyl adjacent to an activating group) is 1. The van der Waals surface area contributed by atoms with Gasteiger partial charge in [0.1, 0.15) is 5.82 Å². The number of hydrogen-bond donors (Lipinski definition) is 1. The van der Waals surface area contributed by atoms with Crippen molar-refractivity contribution in [3.63, 3.8) is 0 Å². The van der Waals surface area contributed by atoms with E-state index in [1.54, 1.807) is 13.0 Å². The second kappa shape index (κ2) is 5.41. The van der Waals surface area contributed by atoms with Gasteiger partial charge in [-0.2, -0.15) is 0 Å². The van der Waals surface area contributed by atoms with E-state index in [-0.39, 0.29) is 12.1 Å². The van der Waals surface area contributed by atoms with Crippen molar-refractivity contribution in [2.45, 2.75) is 13.0 Å². The smallest absolute Gasteiger partial charge is 0.256 e. The molecule has 1 aromatic rings. The van der Waals surface area contributed by atoms with E-state index < -0.39 is 17.8 Å². The number of aliphatic hydroxyl groups excluding tert-OH is 1. The average molecular weight is 290 g/mol. The zero-order chi connectivity index (χ0) is 12.3. The summed E-state index contributed by atoms with van der Waals surface area (Å²) in [6, 6.07) is 4.26. The maximum absolute atomic E-state index is 13.5. The van der Waals surface area contributed by atoms with Gasteiger partial charge in [0.05, 0.1) is 11.7 Å². The average Bonchev–Trinajstić information content (AvgIpc) is 2.15. The lowest BCUT2D eigenvalue weighted by Crippen LogP contribution is -2.33. The fourth-order valence-electron chi connectivity index (χ4n) is 1.35. The van der Waals surface area contributed by atoms with Gasteiger partial charge in [-0.3, -0.25) is 4.79 Å². The van der Waals surface area contributed by atoms with Gasteiger partial charge >= 0.3 is 0 Å². The number of aliphatic hydroxyl groups is 1. The molecule has 1 N–H and O–H groups in total. The van der Waals surface area contributed by atoms with Crippen molar-refractivity contribution >= 4 is 21.8 Å². The van der Waals surface area contributed by atoms with Crippen LogP contribution in [0.15, 0.2) is 22.7 Å². The van der Waals surface area contributed by atoms with Gasteiger partial charge in [0.15, 0.2) is 0 Å². The van der Waals surface area contributed by atoms with E-state index in [1.807, 2.05) is 0 Å². The van der Waals surface area contributed by atoms with Crippen LogP contribution >= 0.6 is 15.9 Å². The summed E-state index contributed by atoms with van der Waals surface area (Å²) in [5, 5.41) is 9.14. The Morgan fingerprint density at radius 2 is 2.25 bits per heavy atom. The van der Waals surface area contributed by atoms with E-state index >= 15 is 0 Å². The third-order valence-corrected chi connectivity index (χ3v) is 2.54. The Morgan fingerprint density at radius 1 is 1.62 bits per heavy atom. The molecule has 1 aromatic carbocycles. The number of rotatable bonds is 3. The molecule has 5 heteroatoms. The first kappa shape index (κ1) is 13.1. The van der Waals surface area contributed by atoms with Crippen LogP contribution in [0.4, 0.5) is 4.39 Å². The number of halogens is 2. The summed E-state index contributed by atoms with van der Waals surface area (Å²) in [6.45, 7) is 1.75. The second-order valence-corrected chi connectivity index (χ2v) is 4.57. The van der Waals surface area contributed by atoms with Crippen LogP contribution in [0.3, 0.4) is 0 Å². The van der Waals surface area contributed by atoms with Crippen molar-refractivity contribution < 1.29 is 14.3 Å². The molecular weight excluding hydrogens is 277 g/mol. The summed E-state index contributed by atoms with van der Waals surface area (Å²) >= 11 is 3.12. The fourth-order valence-corrected chi connectivity index (χ4v) is 1.68. The van der Waals surface area contributed by atoms with E-state index in [1.165, 1.54) is 24.1 Å². The van der Waals surface area contributed by atoms with Crippen LogP contribution in [0.5, 0.6) is 0 Å². The Labute approximate surface area is 102 Å². The summed E-state index contributed by atoms with van der Waals surface area (Å²) in [6.07, 6.45) is -0.632. The minimum absolute atomic E-state index is 0.00588. The summed E-state index contributed by atoms with van der Waals surface area (Å²) in [7, 11) is 1.52. The van der Waals surface area contributed by atoms with Crippen molar-refractivity contribution in [2.24, 2.45) is 0 Å². The van der Waals surface area contributed by atoms with Crippen LogP contribution in [-0.2, 0) is 0 Å². The van der Waals surface area contributed by atoms with Gasteiger partial charge in [-0.05, 0) is 25.1 Å². The van der Waals surface area contributed by atoms with Crippen LogP contribution in [0.2, 0.25) is 0 Å². The van der Waals surface area contributed by atoms with E-state index in [4.69, 9.17) is 5.11 Å². The third kappa shape index (κ3) is 3.28. The molecule has 0 saturated carbocycles. The zero-order valence-corrected chi connectivity index (χ0v) is 10.7. The Kier molecular flexibility index (Phi) is 4.44. The molecule has 0 aromatic heterocycles. The van der Waals surface area contributed by atoms with E-state index in [9.17, 15) is 9.18 Å². The van der Waals surface area contributed by atoms with Crippen LogP contribution in [0, 0.1) is 5.82 Å². The molecule has 1 rings (SSSR count). The molecule has 0 aliphatic heterocycles. The monoisotopic (exact) mass is 289 g/mol. The quantitative estimate of drug-likeness (QED) is 0.925. The molecule has 0 aliphatic carbocycles. The number of benzene rings is 1. The molecule has 0 saturated heterocycles. The second-order valence-electron chi connectivity index (χ2n) is 3.66. The predicted octanol–water partition coefficient (Wildman–Crippen LogP) is 2.04. The first-order valence-electron chi connectivity index (χ1n) is 4.80. The highest BCUT2D eigenvalue weighted by molar-refractivity contribution is 9.10. The van der Waals surface area contributed by atoms with Gasteiger partial charge in [0.2, 0.25) is 0 Å². The lowest BCUT2D eigenvalue weighted by molar-refractivity contribution is 0.0699. The predicted molar refractivity (Wildman–Crippen MR) is 62.7 cm³/mol. The van der Waals surface area contributed by atoms with Gasteiger partial charge < -0.3 is 10.0 Å². The lowest BCUT2D eigenvalue weighted by atomic mass is 10.2. The molecule has 0 spiro atoms. The summed E-state index contributed by atoms with van der Waals surface area (Å²) in [5.41, 5.74) is 0.00588. The number of carbonyl (C=O) groups excluding carboxylic acids is 1. The Bertz CT molecular complexity index is 396. The van der Waals surface area contributed by atoms with Crippen LogP contribution in [0.1, 0.15) is 17.3 Å². The molecule has 16 heavy (non-hydrogen) atoms. The van der Waals surface area contributed by atoms with Crippen LogP contribution in [-0.4, -0.2) is 35.6 Å². The molecular formula is C11H13BrFNO2. The first-order valence-corrected chi connectivity index (χ1v) is 5.59. The highest BCUT2D eigenvalue weighted by atomic mass is 79.9. The first-order chi connectivity index (χ1) is 7.41. The molecule has 0 radical (unpaired) electrons. The molecule has 0 heterocycles. The van der Waals surface area contributed by atoms with Crippen molar-refractivity contribution in [1.29, 1.82) is 0 Å². The highest BCUT2D eigenvalue weighted by Crippen LogP contribution is 2.16. The molecule has 0 fully saturated rings. The van der Waals surface area contributed by atoms with Crippen LogP contribution < -0.4 is 0 Å². The van der Waals surface area contributed by atoms with Gasteiger partial charge in [0, 0.05) is 18.1 Å². The minimum Gasteiger partial charge on any atom is -0.392 e. The topological polar surface area (TPSA) is 40.5 Å². The number of carbonyl (C=O) groups is 1. The molecule has 3 nitrogen and oxygen atoms in total. The van der Waals surface area contributed by atoms with Crippen LogP contribution in [0.25, 0.3) is 0 Å². The van der Waals surface area contributed by atoms with Crippen molar-refractivity contribution in [3.8, 4) is 0 Å². The number of nitrogens with zero attached hydrogens (tertiary/aromatic N) is 1. The highest BCUT2D eigenvalue weighted by Gasteiger charge is 2.17. The standard InChI is InChI=1S/C11H13BrFNO2/c1-7(15)6-14(2)11(16)9-4-3-8(12)5-10(9)13/h3-5,7,15H,6H2,1-2H3. The summed E-state index contributed by atoms with van der Waals surface area (Å²) in [4.78, 5) is 13.1. The van der Waals surface area contributed by atoms with Crippen molar-refractivity contribution in [3.05, 3.63) is 34.1 Å². The van der Waals surface area contributed by atoms with Crippen molar-refractivity contribution in [2.75, 3.05) is 13.6 Å². The normalized spacial score (nSPS) is 12.3. The van der Waals surface area contributed by atoms with Gasteiger partial charge in [-0.15, -0.1) is 0 Å². The number of hydrogen-bond acceptors (Lipinski definition) is 2. The van der Waals surface area contributed by atoms with E-state index in [0.717, 1.165) is 0 Å². The maximum atomic E-state index is 13.5. The summed E-state index contributed by atoms with van der Waals surface area (Å²) < 4.78 is 14.0. The fraction of sp³-hybridized carbons (Fsp3) is 0.364. The number of amides is 1. The molecule has 1 atom stereocenters. The Hall–Kier alpha value is -0.940. The molecule has 0 aliphatic rings. The third-order valence-electron chi connectivity index (χ3n) is 2.05. The molecule has 88 valence electrons. The minimum atomic E-state index is -0.632. The molecule has 1 amide bonds. The van der Waals surface area contributed by atoms with Gasteiger partial charge in [0.25, 0.3) is 5.91 Å². The Morgan fingerprint density at radius 3 is 2.75 bits per heavy atom.